The van der Waals surface area contributed by atoms with Crippen molar-refractivity contribution >= 4 is 5.97 Å². The fraction of sp³-hybridized carbons (Fsp3) is 0.909. The lowest BCUT2D eigenvalue weighted by Crippen LogP contribution is -2.44. The van der Waals surface area contributed by atoms with Gasteiger partial charge in [0, 0.05) is 0 Å². The number of esters is 1. The molecule has 4 rings (SSSR count). The second-order valence-electron chi connectivity index (χ2n) is 5.00. The molecule has 5 atom stereocenters. The summed E-state index contributed by atoms with van der Waals surface area (Å²) in [4.78, 5) is 11.7. The summed E-state index contributed by atoms with van der Waals surface area (Å²) < 4.78 is 10.8. The van der Waals surface area contributed by atoms with Gasteiger partial charge in [0.05, 0.1) is 5.92 Å². The molecule has 1 N–H and O–H groups in total. The molecule has 4 nitrogen and oxygen atoms in total. The molecule has 2 saturated heterocycles. The van der Waals surface area contributed by atoms with E-state index in [0.29, 0.717) is 11.8 Å². The molecule has 84 valence electrons. The van der Waals surface area contributed by atoms with Crippen molar-refractivity contribution in [1.29, 1.82) is 0 Å². The van der Waals surface area contributed by atoms with Crippen LogP contribution in [0.5, 0.6) is 0 Å². The molecular weight excluding hydrogens is 196 g/mol. The van der Waals surface area contributed by atoms with Gasteiger partial charge in [-0.05, 0) is 37.5 Å². The molecule has 4 heteroatoms. The first-order chi connectivity index (χ1) is 7.28. The maximum absolute atomic E-state index is 11.7. The molecule has 4 aliphatic rings. The molecule has 4 fully saturated rings. The summed E-state index contributed by atoms with van der Waals surface area (Å²) in [5, 5.41) is 8.85. The van der Waals surface area contributed by atoms with Gasteiger partial charge in [0.25, 0.3) is 0 Å². The molecule has 15 heavy (non-hydrogen) atoms. The van der Waals surface area contributed by atoms with Crippen LogP contribution in [0.3, 0.4) is 0 Å². The first kappa shape index (κ1) is 9.60. The Kier molecular flexibility index (Phi) is 2.21. The number of ether oxygens (including phenoxy) is 2. The van der Waals surface area contributed by atoms with Crippen molar-refractivity contribution in [2.24, 2.45) is 17.8 Å². The van der Waals surface area contributed by atoms with Gasteiger partial charge in [-0.25, -0.2) is 0 Å². The predicted molar refractivity (Wildman–Crippen MR) is 50.8 cm³/mol. The molecule has 2 saturated carbocycles. The second-order valence-corrected chi connectivity index (χ2v) is 5.00. The van der Waals surface area contributed by atoms with Gasteiger partial charge >= 0.3 is 5.97 Å². The Balaban J connectivity index is 1.87. The topological polar surface area (TPSA) is 55.8 Å². The van der Waals surface area contributed by atoms with Crippen LogP contribution in [0.1, 0.15) is 25.7 Å². The highest BCUT2D eigenvalue weighted by molar-refractivity contribution is 5.73. The molecule has 5 unspecified atom stereocenters. The van der Waals surface area contributed by atoms with Crippen molar-refractivity contribution in [3.8, 4) is 0 Å². The molecule has 0 amide bonds. The highest BCUT2D eigenvalue weighted by Crippen LogP contribution is 2.48. The van der Waals surface area contributed by atoms with Crippen molar-refractivity contribution in [3.63, 3.8) is 0 Å². The average molecular weight is 212 g/mol. The van der Waals surface area contributed by atoms with Crippen LogP contribution >= 0.6 is 0 Å². The molecular formula is C11H16O4. The number of fused-ring (bicyclic) bond motifs is 1. The van der Waals surface area contributed by atoms with Crippen molar-refractivity contribution in [3.05, 3.63) is 0 Å². The van der Waals surface area contributed by atoms with Crippen LogP contribution in [0.4, 0.5) is 0 Å². The van der Waals surface area contributed by atoms with Crippen LogP contribution in [-0.4, -0.2) is 30.1 Å². The fourth-order valence-electron chi connectivity index (χ4n) is 3.59. The summed E-state index contributed by atoms with van der Waals surface area (Å²) in [6.07, 6.45) is 3.76. The van der Waals surface area contributed by atoms with Crippen LogP contribution in [0.2, 0.25) is 0 Å². The van der Waals surface area contributed by atoms with Gasteiger partial charge in [-0.15, -0.1) is 0 Å². The summed E-state index contributed by atoms with van der Waals surface area (Å²) in [6, 6.07) is 0. The SMILES string of the molecule is O=C1OC2CC3CC1CC(C3)C2OCO. The standard InChI is InChI=1S/C11H16O4/c12-5-14-10-7-1-6-2-8(4-7)11(13)15-9(10)3-6/h6-10,12H,1-5H2. The van der Waals surface area contributed by atoms with E-state index in [4.69, 9.17) is 14.6 Å². The highest BCUT2D eigenvalue weighted by Gasteiger charge is 2.50. The number of aliphatic hydroxyl groups excluding tert-OH is 1. The molecule has 0 spiro atoms. The first-order valence-electron chi connectivity index (χ1n) is 5.71. The number of carbonyl (C=O) groups excluding carboxylic acids is 1. The molecule has 2 heterocycles. The van der Waals surface area contributed by atoms with Gasteiger partial charge in [-0.2, -0.15) is 0 Å². The Morgan fingerprint density at radius 1 is 1.33 bits per heavy atom. The number of rotatable bonds is 2. The quantitative estimate of drug-likeness (QED) is 0.540. The Hall–Kier alpha value is -0.610. The van der Waals surface area contributed by atoms with E-state index in [1.807, 2.05) is 0 Å². The number of hydrogen-bond donors (Lipinski definition) is 1. The molecule has 0 aromatic heterocycles. The summed E-state index contributed by atoms with van der Waals surface area (Å²) in [5.41, 5.74) is 0. The molecule has 0 radical (unpaired) electrons. The fourth-order valence-corrected chi connectivity index (χ4v) is 3.59. The number of hydrogen-bond acceptors (Lipinski definition) is 4. The molecule has 0 aromatic rings. The smallest absolute Gasteiger partial charge is 0.309 e. The van der Waals surface area contributed by atoms with Crippen molar-refractivity contribution < 1.29 is 19.4 Å². The van der Waals surface area contributed by atoms with Gasteiger partial charge < -0.3 is 14.6 Å². The van der Waals surface area contributed by atoms with E-state index in [-0.39, 0.29) is 30.9 Å². The van der Waals surface area contributed by atoms with E-state index in [1.165, 1.54) is 0 Å². The number of carbonyl (C=O) groups is 1. The predicted octanol–water partition coefficient (Wildman–Crippen LogP) is 0.683. The zero-order chi connectivity index (χ0) is 10.4. The lowest BCUT2D eigenvalue weighted by atomic mass is 9.67. The third-order valence-electron chi connectivity index (χ3n) is 4.11. The van der Waals surface area contributed by atoms with Gasteiger partial charge in [0.1, 0.15) is 19.0 Å². The maximum atomic E-state index is 11.7. The third kappa shape index (κ3) is 1.47. The van der Waals surface area contributed by atoms with Gasteiger partial charge in [0.15, 0.2) is 0 Å². The van der Waals surface area contributed by atoms with Crippen molar-refractivity contribution in [1.82, 2.24) is 0 Å². The normalized spacial score (nSPS) is 47.8. The van der Waals surface area contributed by atoms with Crippen LogP contribution in [0.25, 0.3) is 0 Å². The minimum atomic E-state index is -0.273. The molecule has 0 aromatic carbocycles. The molecule has 2 aliphatic heterocycles. The Morgan fingerprint density at radius 3 is 3.00 bits per heavy atom. The van der Waals surface area contributed by atoms with Crippen LogP contribution < -0.4 is 0 Å². The minimum absolute atomic E-state index is 0.0451. The molecule has 2 aliphatic carbocycles. The highest BCUT2D eigenvalue weighted by atomic mass is 16.6. The monoisotopic (exact) mass is 212 g/mol. The Bertz CT molecular complexity index is 278. The lowest BCUT2D eigenvalue weighted by Gasteiger charge is -2.41. The van der Waals surface area contributed by atoms with E-state index in [0.717, 1.165) is 25.7 Å². The van der Waals surface area contributed by atoms with E-state index >= 15 is 0 Å². The summed E-state index contributed by atoms with van der Waals surface area (Å²) in [5.74, 6) is 1.08. The second kappa shape index (κ2) is 3.46. The average Bonchev–Trinajstić information content (AvgIpc) is 2.37. The third-order valence-corrected chi connectivity index (χ3v) is 4.11. The van der Waals surface area contributed by atoms with Crippen molar-refractivity contribution in [2.75, 3.05) is 6.79 Å². The zero-order valence-electron chi connectivity index (χ0n) is 8.59. The van der Waals surface area contributed by atoms with Gasteiger partial charge in [-0.3, -0.25) is 4.79 Å². The Morgan fingerprint density at radius 2 is 2.20 bits per heavy atom. The van der Waals surface area contributed by atoms with Crippen LogP contribution in [-0.2, 0) is 14.3 Å². The summed E-state index contributed by atoms with van der Waals surface area (Å²) in [7, 11) is 0. The summed E-state index contributed by atoms with van der Waals surface area (Å²) >= 11 is 0. The summed E-state index contributed by atoms with van der Waals surface area (Å²) in [6.45, 7) is -0.273. The van der Waals surface area contributed by atoms with E-state index in [2.05, 4.69) is 0 Å². The van der Waals surface area contributed by atoms with Gasteiger partial charge in [-0.1, -0.05) is 0 Å². The largest absolute Gasteiger partial charge is 0.459 e. The van der Waals surface area contributed by atoms with E-state index in [9.17, 15) is 4.79 Å². The Labute approximate surface area is 88.6 Å². The first-order valence-corrected chi connectivity index (χ1v) is 5.71. The van der Waals surface area contributed by atoms with Crippen molar-refractivity contribution in [2.45, 2.75) is 37.9 Å². The van der Waals surface area contributed by atoms with E-state index < -0.39 is 0 Å². The number of aliphatic hydroxyl groups is 1. The lowest BCUT2D eigenvalue weighted by molar-refractivity contribution is -0.168. The van der Waals surface area contributed by atoms with Crippen LogP contribution in [0, 0.1) is 17.8 Å². The minimum Gasteiger partial charge on any atom is -0.459 e. The maximum Gasteiger partial charge on any atom is 0.309 e. The zero-order valence-corrected chi connectivity index (χ0v) is 8.59. The van der Waals surface area contributed by atoms with Crippen LogP contribution in [0.15, 0.2) is 0 Å². The van der Waals surface area contributed by atoms with Gasteiger partial charge in [0.2, 0.25) is 0 Å². The van der Waals surface area contributed by atoms with E-state index in [1.54, 1.807) is 0 Å². The molecule has 4 bridgehead atoms.